The molecule has 0 unspecified atom stereocenters. The van der Waals surface area contributed by atoms with Crippen LogP contribution in [-0.2, 0) is 0 Å². The van der Waals surface area contributed by atoms with E-state index in [1.54, 1.807) is 19.2 Å². The maximum Gasteiger partial charge on any atom is 0.297 e. The highest BCUT2D eigenvalue weighted by molar-refractivity contribution is 5.84. The molecule has 8 nitrogen and oxygen atoms in total. The van der Waals surface area contributed by atoms with E-state index >= 15 is 0 Å². The SMILES string of the molecule is CCN1CCC[C@@H](Nc2nc3nc(-c4c(C)cc(NC)cc4O)cc(OC)c3o2)C1. The molecule has 30 heavy (non-hydrogen) atoms. The van der Waals surface area contributed by atoms with Gasteiger partial charge in [0.2, 0.25) is 11.2 Å². The highest BCUT2D eigenvalue weighted by atomic mass is 16.5. The fraction of sp³-hybridized carbons (Fsp3) is 0.455. The van der Waals surface area contributed by atoms with E-state index in [-0.39, 0.29) is 11.8 Å². The smallest absolute Gasteiger partial charge is 0.297 e. The van der Waals surface area contributed by atoms with Gasteiger partial charge in [-0.3, -0.25) is 0 Å². The predicted molar refractivity (Wildman–Crippen MR) is 118 cm³/mol. The number of phenols is 1. The minimum atomic E-state index is 0.150. The van der Waals surface area contributed by atoms with Crippen molar-refractivity contribution < 1.29 is 14.3 Å². The first kappa shape index (κ1) is 20.3. The first-order valence-electron chi connectivity index (χ1n) is 10.4. The van der Waals surface area contributed by atoms with E-state index in [0.29, 0.717) is 34.3 Å². The molecule has 1 aliphatic rings. The maximum atomic E-state index is 10.6. The van der Waals surface area contributed by atoms with Gasteiger partial charge in [-0.2, -0.15) is 4.98 Å². The van der Waals surface area contributed by atoms with E-state index in [2.05, 4.69) is 32.4 Å². The van der Waals surface area contributed by atoms with Crippen molar-refractivity contribution >= 4 is 22.9 Å². The van der Waals surface area contributed by atoms with E-state index in [0.717, 1.165) is 43.7 Å². The highest BCUT2D eigenvalue weighted by Gasteiger charge is 2.22. The van der Waals surface area contributed by atoms with Crippen LogP contribution < -0.4 is 15.4 Å². The van der Waals surface area contributed by atoms with Gasteiger partial charge in [0.15, 0.2) is 5.75 Å². The molecule has 1 aromatic carbocycles. The van der Waals surface area contributed by atoms with Crippen LogP contribution in [0.4, 0.5) is 11.7 Å². The topological polar surface area (TPSA) is 95.7 Å². The Morgan fingerprint density at radius 2 is 2.13 bits per heavy atom. The van der Waals surface area contributed by atoms with Crippen LogP contribution in [0.25, 0.3) is 22.5 Å². The summed E-state index contributed by atoms with van der Waals surface area (Å²) in [6.07, 6.45) is 2.23. The number of rotatable bonds is 6. The summed E-state index contributed by atoms with van der Waals surface area (Å²) in [7, 11) is 3.41. The number of hydrogen-bond donors (Lipinski definition) is 3. The molecule has 0 bridgehead atoms. The summed E-state index contributed by atoms with van der Waals surface area (Å²) in [5.41, 5.74) is 3.92. The van der Waals surface area contributed by atoms with Crippen molar-refractivity contribution in [3.63, 3.8) is 0 Å². The molecule has 160 valence electrons. The molecule has 4 rings (SSSR count). The lowest BCUT2D eigenvalue weighted by Gasteiger charge is -2.31. The van der Waals surface area contributed by atoms with E-state index in [1.165, 1.54) is 0 Å². The Hall–Kier alpha value is -3.00. The summed E-state index contributed by atoms with van der Waals surface area (Å²) in [4.78, 5) is 11.6. The van der Waals surface area contributed by atoms with Gasteiger partial charge in [0.25, 0.3) is 6.01 Å². The zero-order valence-corrected chi connectivity index (χ0v) is 18.0. The van der Waals surface area contributed by atoms with Crippen LogP contribution in [0.1, 0.15) is 25.3 Å². The minimum Gasteiger partial charge on any atom is -0.507 e. The Labute approximate surface area is 176 Å². The molecule has 0 spiro atoms. The molecular formula is C22H29N5O3. The standard InChI is InChI=1S/C22H29N5O3/c1-5-27-8-6-7-14(12-27)24-22-26-21-20(30-22)18(29-4)11-16(25-21)19-13(2)9-15(23-3)10-17(19)28/h9-11,14,23,28H,5-8,12H2,1-4H3,(H,24,25,26)/t14-/m1/s1. The number of nitrogens with zero attached hydrogens (tertiary/aromatic N) is 3. The number of phenolic OH excluding ortho intramolecular Hbond substituents is 1. The molecular weight excluding hydrogens is 382 g/mol. The fourth-order valence-corrected chi connectivity index (χ4v) is 4.11. The summed E-state index contributed by atoms with van der Waals surface area (Å²) in [5, 5.41) is 17.0. The van der Waals surface area contributed by atoms with Crippen molar-refractivity contribution in [2.24, 2.45) is 0 Å². The van der Waals surface area contributed by atoms with Crippen LogP contribution >= 0.6 is 0 Å². The predicted octanol–water partition coefficient (Wildman–Crippen LogP) is 3.85. The van der Waals surface area contributed by atoms with Crippen molar-refractivity contribution in [2.45, 2.75) is 32.7 Å². The van der Waals surface area contributed by atoms with Gasteiger partial charge in [0.1, 0.15) is 5.75 Å². The van der Waals surface area contributed by atoms with E-state index in [1.807, 2.05) is 20.0 Å². The fourth-order valence-electron chi connectivity index (χ4n) is 4.11. The number of methoxy groups -OCH3 is 1. The number of piperidine rings is 1. The van der Waals surface area contributed by atoms with Gasteiger partial charge in [0.05, 0.1) is 12.8 Å². The van der Waals surface area contributed by atoms with Crippen molar-refractivity contribution in [1.29, 1.82) is 0 Å². The third-order valence-corrected chi connectivity index (χ3v) is 5.69. The summed E-state index contributed by atoms with van der Waals surface area (Å²) in [6, 6.07) is 6.16. The molecule has 1 aliphatic heterocycles. The third kappa shape index (κ3) is 3.87. The number of hydrogen-bond acceptors (Lipinski definition) is 8. The molecule has 3 aromatic rings. The normalized spacial score (nSPS) is 17.3. The second-order valence-corrected chi connectivity index (χ2v) is 7.70. The maximum absolute atomic E-state index is 10.6. The number of aromatic nitrogens is 2. The van der Waals surface area contributed by atoms with Gasteiger partial charge in [-0.1, -0.05) is 6.92 Å². The van der Waals surface area contributed by atoms with Crippen LogP contribution in [0.3, 0.4) is 0 Å². The Morgan fingerprint density at radius 3 is 2.83 bits per heavy atom. The van der Waals surface area contributed by atoms with Gasteiger partial charge >= 0.3 is 0 Å². The minimum absolute atomic E-state index is 0.150. The quantitative estimate of drug-likeness (QED) is 0.563. The summed E-state index contributed by atoms with van der Waals surface area (Å²) in [5.74, 6) is 0.683. The number of likely N-dealkylation sites (N-methyl/N-ethyl adjacent to an activating group) is 1. The average Bonchev–Trinajstić information content (AvgIpc) is 3.14. The van der Waals surface area contributed by atoms with E-state index in [9.17, 15) is 5.11 Å². The number of fused-ring (bicyclic) bond motifs is 1. The number of nitrogens with one attached hydrogen (secondary N) is 2. The Morgan fingerprint density at radius 1 is 1.30 bits per heavy atom. The molecule has 1 atom stereocenters. The van der Waals surface area contributed by atoms with Crippen molar-refractivity contribution in [2.75, 3.05) is 44.4 Å². The highest BCUT2D eigenvalue weighted by Crippen LogP contribution is 2.38. The Balaban J connectivity index is 1.69. The lowest BCUT2D eigenvalue weighted by Crippen LogP contribution is -2.41. The Bertz CT molecular complexity index is 1030. The third-order valence-electron chi connectivity index (χ3n) is 5.69. The molecule has 1 fully saturated rings. The monoisotopic (exact) mass is 411 g/mol. The molecule has 3 N–H and O–H groups in total. The molecule has 0 amide bonds. The van der Waals surface area contributed by atoms with Gasteiger partial charge in [0, 0.05) is 43.0 Å². The molecule has 3 heterocycles. The summed E-state index contributed by atoms with van der Waals surface area (Å²) >= 11 is 0. The summed E-state index contributed by atoms with van der Waals surface area (Å²) in [6.45, 7) is 7.26. The van der Waals surface area contributed by atoms with Crippen LogP contribution in [0, 0.1) is 6.92 Å². The number of oxazole rings is 1. The largest absolute Gasteiger partial charge is 0.507 e. The first-order chi connectivity index (χ1) is 14.5. The Kier molecular flexibility index (Phi) is 5.67. The number of likely N-dealkylation sites (tertiary alicyclic amines) is 1. The second kappa shape index (κ2) is 8.39. The molecule has 0 saturated carbocycles. The zero-order chi connectivity index (χ0) is 21.3. The van der Waals surface area contributed by atoms with Gasteiger partial charge < -0.3 is 29.8 Å². The summed E-state index contributed by atoms with van der Waals surface area (Å²) < 4.78 is 11.5. The zero-order valence-electron chi connectivity index (χ0n) is 18.0. The number of aromatic hydroxyl groups is 1. The van der Waals surface area contributed by atoms with Crippen LogP contribution in [-0.4, -0.2) is 59.8 Å². The molecule has 1 saturated heterocycles. The lowest BCUT2D eigenvalue weighted by atomic mass is 10.0. The number of pyridine rings is 1. The van der Waals surface area contributed by atoms with Gasteiger partial charge in [-0.25, -0.2) is 4.98 Å². The van der Waals surface area contributed by atoms with E-state index < -0.39 is 0 Å². The van der Waals surface area contributed by atoms with Crippen molar-refractivity contribution in [3.05, 3.63) is 23.8 Å². The molecule has 0 radical (unpaired) electrons. The van der Waals surface area contributed by atoms with Gasteiger partial charge in [-0.15, -0.1) is 0 Å². The van der Waals surface area contributed by atoms with Gasteiger partial charge in [-0.05, 0) is 44.5 Å². The first-order valence-corrected chi connectivity index (χ1v) is 10.4. The van der Waals surface area contributed by atoms with Crippen LogP contribution in [0.2, 0.25) is 0 Å². The second-order valence-electron chi connectivity index (χ2n) is 7.70. The lowest BCUT2D eigenvalue weighted by molar-refractivity contribution is 0.225. The van der Waals surface area contributed by atoms with Crippen LogP contribution in [0.15, 0.2) is 22.6 Å². The van der Waals surface area contributed by atoms with Crippen molar-refractivity contribution in [1.82, 2.24) is 14.9 Å². The van der Waals surface area contributed by atoms with E-state index in [4.69, 9.17) is 9.15 Å². The average molecular weight is 412 g/mol. The molecule has 2 aromatic heterocycles. The van der Waals surface area contributed by atoms with Crippen LogP contribution in [0.5, 0.6) is 11.5 Å². The van der Waals surface area contributed by atoms with Crippen molar-refractivity contribution in [3.8, 4) is 22.8 Å². The number of anilines is 2. The number of ether oxygens (including phenoxy) is 1. The number of benzene rings is 1. The molecule has 8 heteroatoms. The number of aryl methyl sites for hydroxylation is 1. The molecule has 0 aliphatic carbocycles.